The van der Waals surface area contributed by atoms with E-state index in [0.29, 0.717) is 18.5 Å². The van der Waals surface area contributed by atoms with E-state index in [-0.39, 0.29) is 12.3 Å². The molecule has 0 spiro atoms. The molecule has 1 aromatic rings. The van der Waals surface area contributed by atoms with Gasteiger partial charge in [0.05, 0.1) is 17.1 Å². The smallest absolute Gasteiger partial charge is 0.326 e. The van der Waals surface area contributed by atoms with Gasteiger partial charge in [-0.2, -0.15) is 0 Å². The third kappa shape index (κ3) is 4.44. The van der Waals surface area contributed by atoms with Gasteiger partial charge in [-0.1, -0.05) is 20.3 Å². The van der Waals surface area contributed by atoms with Crippen molar-refractivity contribution in [3.05, 3.63) is 16.1 Å². The molecule has 18 heavy (non-hydrogen) atoms. The molecule has 0 aliphatic carbocycles. The first-order valence-corrected chi connectivity index (χ1v) is 6.90. The first-order chi connectivity index (χ1) is 8.56. The summed E-state index contributed by atoms with van der Waals surface area (Å²) in [5.41, 5.74) is 0.704. The Bertz CT molecular complexity index is 417. The largest absolute Gasteiger partial charge is 0.480 e. The molecule has 0 aliphatic rings. The first-order valence-electron chi connectivity index (χ1n) is 6.02. The highest BCUT2D eigenvalue weighted by Crippen LogP contribution is 2.10. The summed E-state index contributed by atoms with van der Waals surface area (Å²) in [4.78, 5) is 26.9. The normalized spacial score (nSPS) is 12.1. The number of carbonyl (C=O) groups is 2. The Kier molecular flexibility index (Phi) is 5.77. The van der Waals surface area contributed by atoms with Crippen LogP contribution in [-0.4, -0.2) is 28.0 Å². The molecular formula is C12H18N2O3S. The molecule has 6 heteroatoms. The fraction of sp³-hybridized carbons (Fsp3) is 0.583. The molecule has 1 rings (SSSR count). The van der Waals surface area contributed by atoms with Crippen LogP contribution in [0.1, 0.15) is 37.4 Å². The molecule has 0 aliphatic heterocycles. The summed E-state index contributed by atoms with van der Waals surface area (Å²) < 4.78 is 0. The van der Waals surface area contributed by atoms with Crippen LogP contribution < -0.4 is 5.32 Å². The molecule has 1 amide bonds. The lowest BCUT2D eigenvalue weighted by atomic mass is 10.1. The monoisotopic (exact) mass is 270 g/mol. The minimum absolute atomic E-state index is 0.143. The van der Waals surface area contributed by atoms with E-state index in [0.717, 1.165) is 11.4 Å². The number of aryl methyl sites for hydroxylation is 1. The van der Waals surface area contributed by atoms with Crippen molar-refractivity contribution in [1.82, 2.24) is 10.3 Å². The zero-order valence-electron chi connectivity index (χ0n) is 10.6. The van der Waals surface area contributed by atoms with Gasteiger partial charge in [-0.05, 0) is 12.8 Å². The number of hydrogen-bond donors (Lipinski definition) is 2. The van der Waals surface area contributed by atoms with Crippen molar-refractivity contribution in [2.24, 2.45) is 0 Å². The standard InChI is InChI=1S/C12H18N2O3S/c1-3-5-9(12(16)17)14-10(15)6-8-7-18-11(4-2)13-8/h7,9H,3-6H2,1-2H3,(H,14,15)(H,16,17). The fourth-order valence-corrected chi connectivity index (χ4v) is 2.29. The number of nitrogens with one attached hydrogen (secondary N) is 1. The minimum Gasteiger partial charge on any atom is -0.480 e. The van der Waals surface area contributed by atoms with Gasteiger partial charge < -0.3 is 10.4 Å². The summed E-state index contributed by atoms with van der Waals surface area (Å²) in [6.45, 7) is 3.89. The maximum atomic E-state index is 11.7. The summed E-state index contributed by atoms with van der Waals surface area (Å²) in [6, 6.07) is -0.799. The second-order valence-electron chi connectivity index (χ2n) is 4.01. The van der Waals surface area contributed by atoms with E-state index in [1.54, 1.807) is 0 Å². The van der Waals surface area contributed by atoms with E-state index in [9.17, 15) is 9.59 Å². The Morgan fingerprint density at radius 1 is 1.50 bits per heavy atom. The van der Waals surface area contributed by atoms with Crippen LogP contribution in [0, 0.1) is 0 Å². The molecule has 1 aromatic heterocycles. The van der Waals surface area contributed by atoms with Crippen LogP contribution in [0.15, 0.2) is 5.38 Å². The van der Waals surface area contributed by atoms with Crippen molar-refractivity contribution in [3.63, 3.8) is 0 Å². The summed E-state index contributed by atoms with van der Waals surface area (Å²) in [5, 5.41) is 14.3. The van der Waals surface area contributed by atoms with E-state index in [1.165, 1.54) is 11.3 Å². The number of carbonyl (C=O) groups excluding carboxylic acids is 1. The maximum Gasteiger partial charge on any atom is 0.326 e. The molecule has 5 nitrogen and oxygen atoms in total. The van der Waals surface area contributed by atoms with Crippen molar-refractivity contribution in [2.45, 2.75) is 45.6 Å². The highest BCUT2D eigenvalue weighted by Gasteiger charge is 2.19. The van der Waals surface area contributed by atoms with Gasteiger partial charge in [0.2, 0.25) is 5.91 Å². The number of carboxylic acid groups (broad SMARTS) is 1. The van der Waals surface area contributed by atoms with Crippen molar-refractivity contribution in [3.8, 4) is 0 Å². The van der Waals surface area contributed by atoms with Crippen molar-refractivity contribution in [2.75, 3.05) is 0 Å². The van der Waals surface area contributed by atoms with E-state index in [2.05, 4.69) is 10.3 Å². The van der Waals surface area contributed by atoms with Crippen molar-refractivity contribution in [1.29, 1.82) is 0 Å². The lowest BCUT2D eigenvalue weighted by Gasteiger charge is -2.12. The van der Waals surface area contributed by atoms with Crippen LogP contribution in [0.5, 0.6) is 0 Å². The second-order valence-corrected chi connectivity index (χ2v) is 4.95. The SMILES string of the molecule is CCCC(NC(=O)Cc1csc(CC)n1)C(=O)O. The van der Waals surface area contributed by atoms with Crippen LogP contribution in [0.25, 0.3) is 0 Å². The summed E-state index contributed by atoms with van der Waals surface area (Å²) in [7, 11) is 0. The van der Waals surface area contributed by atoms with E-state index >= 15 is 0 Å². The number of amides is 1. The molecule has 1 heterocycles. The Hall–Kier alpha value is -1.43. The predicted octanol–water partition coefficient (Wildman–Crippen LogP) is 1.62. The quantitative estimate of drug-likeness (QED) is 0.789. The number of aliphatic carboxylic acids is 1. The van der Waals surface area contributed by atoms with Gasteiger partial charge in [-0.15, -0.1) is 11.3 Å². The fourth-order valence-electron chi connectivity index (χ4n) is 1.55. The number of carboxylic acids is 1. The number of nitrogens with zero attached hydrogens (tertiary/aromatic N) is 1. The van der Waals surface area contributed by atoms with Gasteiger partial charge in [0.25, 0.3) is 0 Å². The topological polar surface area (TPSA) is 79.3 Å². The Labute approximate surface area is 110 Å². The molecule has 0 fully saturated rings. The number of hydrogen-bond acceptors (Lipinski definition) is 4. The van der Waals surface area contributed by atoms with E-state index in [4.69, 9.17) is 5.11 Å². The van der Waals surface area contributed by atoms with E-state index in [1.807, 2.05) is 19.2 Å². The number of aromatic nitrogens is 1. The van der Waals surface area contributed by atoms with Gasteiger partial charge >= 0.3 is 5.97 Å². The molecule has 0 saturated heterocycles. The molecule has 2 N–H and O–H groups in total. The third-order valence-electron chi connectivity index (χ3n) is 2.45. The minimum atomic E-state index is -0.988. The second kappa shape index (κ2) is 7.10. The Balaban J connectivity index is 2.51. The molecule has 1 atom stereocenters. The Morgan fingerprint density at radius 3 is 2.72 bits per heavy atom. The molecule has 1 unspecified atom stereocenters. The van der Waals surface area contributed by atoms with Gasteiger partial charge in [0.15, 0.2) is 0 Å². The molecule has 0 bridgehead atoms. The highest BCUT2D eigenvalue weighted by atomic mass is 32.1. The maximum absolute atomic E-state index is 11.7. The number of thiazole rings is 1. The van der Waals surface area contributed by atoms with Crippen LogP contribution in [0.3, 0.4) is 0 Å². The van der Waals surface area contributed by atoms with Gasteiger partial charge in [-0.3, -0.25) is 4.79 Å². The zero-order valence-corrected chi connectivity index (χ0v) is 11.4. The molecule has 100 valence electrons. The summed E-state index contributed by atoms with van der Waals surface area (Å²) in [5.74, 6) is -1.28. The lowest BCUT2D eigenvalue weighted by Crippen LogP contribution is -2.41. The molecule has 0 saturated carbocycles. The first kappa shape index (κ1) is 14.6. The van der Waals surface area contributed by atoms with Gasteiger partial charge in [0.1, 0.15) is 6.04 Å². The van der Waals surface area contributed by atoms with Crippen molar-refractivity contribution < 1.29 is 14.7 Å². The summed E-state index contributed by atoms with van der Waals surface area (Å²) >= 11 is 1.52. The zero-order chi connectivity index (χ0) is 13.5. The van der Waals surface area contributed by atoms with Crippen LogP contribution in [0.2, 0.25) is 0 Å². The average Bonchev–Trinajstić information content (AvgIpc) is 2.76. The third-order valence-corrected chi connectivity index (χ3v) is 3.50. The van der Waals surface area contributed by atoms with Crippen LogP contribution >= 0.6 is 11.3 Å². The van der Waals surface area contributed by atoms with Crippen molar-refractivity contribution >= 4 is 23.2 Å². The highest BCUT2D eigenvalue weighted by molar-refractivity contribution is 7.09. The average molecular weight is 270 g/mol. The lowest BCUT2D eigenvalue weighted by molar-refractivity contribution is -0.141. The van der Waals surface area contributed by atoms with Crippen LogP contribution in [0.4, 0.5) is 0 Å². The molecule has 0 aromatic carbocycles. The van der Waals surface area contributed by atoms with Crippen LogP contribution in [-0.2, 0) is 22.4 Å². The Morgan fingerprint density at radius 2 is 2.22 bits per heavy atom. The predicted molar refractivity (Wildman–Crippen MR) is 69.7 cm³/mol. The number of rotatable bonds is 7. The van der Waals surface area contributed by atoms with Gasteiger partial charge in [0, 0.05) is 5.38 Å². The molecular weight excluding hydrogens is 252 g/mol. The van der Waals surface area contributed by atoms with Gasteiger partial charge in [-0.25, -0.2) is 9.78 Å². The van der Waals surface area contributed by atoms with E-state index < -0.39 is 12.0 Å². The molecule has 0 radical (unpaired) electrons. The summed E-state index contributed by atoms with van der Waals surface area (Å²) in [6.07, 6.45) is 2.15.